The second-order valence-corrected chi connectivity index (χ2v) is 6.29. The number of nitrogens with zero attached hydrogens (tertiary/aromatic N) is 2. The summed E-state index contributed by atoms with van der Waals surface area (Å²) in [7, 11) is 0. The van der Waals surface area contributed by atoms with Crippen molar-refractivity contribution in [1.82, 2.24) is 0 Å². The second kappa shape index (κ2) is 6.49. The molecular formula is C17H18N2O7. The van der Waals surface area contributed by atoms with E-state index in [-0.39, 0.29) is 30.2 Å². The number of hydrogen-bond donors (Lipinski definition) is 1. The monoisotopic (exact) mass is 362 g/mol. The van der Waals surface area contributed by atoms with Crippen LogP contribution in [0.15, 0.2) is 29.3 Å². The van der Waals surface area contributed by atoms with Gasteiger partial charge in [-0.05, 0) is 13.8 Å². The van der Waals surface area contributed by atoms with Crippen molar-refractivity contribution in [2.45, 2.75) is 25.5 Å². The molecule has 1 aromatic rings. The number of para-hydroxylation sites is 1. The number of cyclic esters (lactones) is 1. The average molecular weight is 362 g/mol. The van der Waals surface area contributed by atoms with E-state index in [1.54, 1.807) is 13.0 Å². The third-order valence-electron chi connectivity index (χ3n) is 4.75. The fourth-order valence-corrected chi connectivity index (χ4v) is 3.75. The van der Waals surface area contributed by atoms with Crippen molar-refractivity contribution in [2.24, 2.45) is 16.8 Å². The molecule has 0 aliphatic carbocycles. The Balaban J connectivity index is 2.23. The maximum Gasteiger partial charge on any atom is 0.315 e. The SMILES string of the molecule is CCOC(=O)C1C(C)=NC2(O)COC(=O)C2C1c1ccccc1[N+](=O)[O-]. The lowest BCUT2D eigenvalue weighted by Crippen LogP contribution is -2.50. The van der Waals surface area contributed by atoms with Gasteiger partial charge in [-0.1, -0.05) is 18.2 Å². The zero-order valence-electron chi connectivity index (χ0n) is 14.2. The first-order chi connectivity index (χ1) is 12.3. The molecule has 4 unspecified atom stereocenters. The number of carbonyl (C=O) groups excluding carboxylic acids is 2. The molecule has 9 nitrogen and oxygen atoms in total. The molecule has 2 aliphatic rings. The van der Waals surface area contributed by atoms with Crippen molar-refractivity contribution in [1.29, 1.82) is 0 Å². The summed E-state index contributed by atoms with van der Waals surface area (Å²) >= 11 is 0. The van der Waals surface area contributed by atoms with Gasteiger partial charge in [-0.3, -0.25) is 24.7 Å². The molecule has 0 spiro atoms. The molecule has 0 radical (unpaired) electrons. The number of carbonyl (C=O) groups is 2. The minimum absolute atomic E-state index is 0.103. The van der Waals surface area contributed by atoms with Crippen LogP contribution in [0.5, 0.6) is 0 Å². The van der Waals surface area contributed by atoms with E-state index >= 15 is 0 Å². The number of benzene rings is 1. The Hall–Kier alpha value is -2.81. The van der Waals surface area contributed by atoms with Crippen LogP contribution in [0.25, 0.3) is 0 Å². The molecular weight excluding hydrogens is 344 g/mol. The third-order valence-corrected chi connectivity index (χ3v) is 4.75. The van der Waals surface area contributed by atoms with E-state index in [9.17, 15) is 24.8 Å². The molecule has 1 saturated heterocycles. The minimum Gasteiger partial charge on any atom is -0.465 e. The highest BCUT2D eigenvalue weighted by Gasteiger charge is 2.61. The second-order valence-electron chi connectivity index (χ2n) is 6.29. The molecule has 1 fully saturated rings. The molecule has 1 aromatic carbocycles. The Morgan fingerprint density at radius 1 is 1.50 bits per heavy atom. The molecule has 2 aliphatic heterocycles. The van der Waals surface area contributed by atoms with Crippen molar-refractivity contribution in [2.75, 3.05) is 13.2 Å². The maximum atomic E-state index is 12.6. The Morgan fingerprint density at radius 2 is 2.19 bits per heavy atom. The van der Waals surface area contributed by atoms with Gasteiger partial charge in [-0.2, -0.15) is 0 Å². The summed E-state index contributed by atoms with van der Waals surface area (Å²) in [4.78, 5) is 39.9. The first-order valence-electron chi connectivity index (χ1n) is 8.15. The van der Waals surface area contributed by atoms with Crippen LogP contribution in [-0.2, 0) is 19.1 Å². The van der Waals surface area contributed by atoms with Crippen LogP contribution >= 0.6 is 0 Å². The lowest BCUT2D eigenvalue weighted by atomic mass is 9.69. The number of nitro groups is 1. The number of aliphatic hydroxyl groups is 1. The number of esters is 2. The van der Waals surface area contributed by atoms with Crippen LogP contribution in [0.3, 0.4) is 0 Å². The predicted molar refractivity (Wildman–Crippen MR) is 88.5 cm³/mol. The highest BCUT2D eigenvalue weighted by molar-refractivity contribution is 6.04. The molecule has 26 heavy (non-hydrogen) atoms. The fourth-order valence-electron chi connectivity index (χ4n) is 3.75. The molecule has 0 amide bonds. The number of aliphatic imine (C=N–C) groups is 1. The summed E-state index contributed by atoms with van der Waals surface area (Å²) in [5.74, 6) is -4.69. The Labute approximate surface area is 148 Å². The molecule has 0 aromatic heterocycles. The molecule has 4 atom stereocenters. The summed E-state index contributed by atoms with van der Waals surface area (Å²) in [6.45, 7) is 2.90. The van der Waals surface area contributed by atoms with Gasteiger partial charge >= 0.3 is 11.9 Å². The van der Waals surface area contributed by atoms with Crippen LogP contribution in [-0.4, -0.2) is 46.6 Å². The minimum atomic E-state index is -1.86. The van der Waals surface area contributed by atoms with Gasteiger partial charge in [0.15, 0.2) is 0 Å². The smallest absolute Gasteiger partial charge is 0.315 e. The summed E-state index contributed by atoms with van der Waals surface area (Å²) in [5.41, 5.74) is -1.71. The Morgan fingerprint density at radius 3 is 2.85 bits per heavy atom. The molecule has 0 saturated carbocycles. The first kappa shape index (κ1) is 18.0. The lowest BCUT2D eigenvalue weighted by molar-refractivity contribution is -0.385. The number of nitro benzene ring substituents is 1. The normalized spacial score (nSPS) is 30.2. The predicted octanol–water partition coefficient (Wildman–Crippen LogP) is 1.19. The topological polar surface area (TPSA) is 128 Å². The highest BCUT2D eigenvalue weighted by Crippen LogP contribution is 2.49. The summed E-state index contributed by atoms with van der Waals surface area (Å²) in [6, 6.07) is 5.83. The van der Waals surface area contributed by atoms with Gasteiger partial charge in [0.1, 0.15) is 18.4 Å². The van der Waals surface area contributed by atoms with Crippen molar-refractivity contribution in [3.63, 3.8) is 0 Å². The van der Waals surface area contributed by atoms with E-state index in [0.717, 1.165) is 0 Å². The molecule has 3 rings (SSSR count). The van der Waals surface area contributed by atoms with Gasteiger partial charge in [0.2, 0.25) is 5.72 Å². The molecule has 138 valence electrons. The summed E-state index contributed by atoms with van der Waals surface area (Å²) in [5, 5.41) is 22.3. The summed E-state index contributed by atoms with van der Waals surface area (Å²) < 4.78 is 10.1. The van der Waals surface area contributed by atoms with E-state index in [4.69, 9.17) is 9.47 Å². The van der Waals surface area contributed by atoms with Crippen LogP contribution < -0.4 is 0 Å². The molecule has 2 heterocycles. The zero-order chi connectivity index (χ0) is 19.1. The van der Waals surface area contributed by atoms with Gasteiger partial charge in [0.25, 0.3) is 5.69 Å². The quantitative estimate of drug-likeness (QED) is 0.484. The van der Waals surface area contributed by atoms with E-state index in [2.05, 4.69) is 4.99 Å². The number of rotatable bonds is 4. The van der Waals surface area contributed by atoms with Crippen molar-refractivity contribution in [3.8, 4) is 0 Å². The van der Waals surface area contributed by atoms with Gasteiger partial charge < -0.3 is 14.6 Å². The van der Waals surface area contributed by atoms with Crippen molar-refractivity contribution < 1.29 is 29.1 Å². The van der Waals surface area contributed by atoms with Crippen molar-refractivity contribution >= 4 is 23.3 Å². The third kappa shape index (κ3) is 2.74. The van der Waals surface area contributed by atoms with Crippen LogP contribution in [0.2, 0.25) is 0 Å². The molecule has 1 N–H and O–H groups in total. The fraction of sp³-hybridized carbons (Fsp3) is 0.471. The van der Waals surface area contributed by atoms with Crippen LogP contribution in [0.1, 0.15) is 25.3 Å². The van der Waals surface area contributed by atoms with Crippen molar-refractivity contribution in [3.05, 3.63) is 39.9 Å². The van der Waals surface area contributed by atoms with E-state index in [1.165, 1.54) is 25.1 Å². The van der Waals surface area contributed by atoms with Gasteiger partial charge in [-0.15, -0.1) is 0 Å². The van der Waals surface area contributed by atoms with Gasteiger partial charge in [0.05, 0.1) is 11.5 Å². The van der Waals surface area contributed by atoms with Crippen LogP contribution in [0, 0.1) is 22.0 Å². The Bertz CT molecular complexity index is 806. The lowest BCUT2D eigenvalue weighted by Gasteiger charge is -2.38. The Kier molecular flexibility index (Phi) is 4.49. The number of ether oxygens (including phenoxy) is 2. The van der Waals surface area contributed by atoms with Crippen LogP contribution in [0.4, 0.5) is 5.69 Å². The van der Waals surface area contributed by atoms with E-state index < -0.39 is 40.3 Å². The molecule has 0 bridgehead atoms. The van der Waals surface area contributed by atoms with Gasteiger partial charge in [0, 0.05) is 23.3 Å². The average Bonchev–Trinajstić information content (AvgIpc) is 2.88. The standard InChI is InChI=1S/C17H18N2O7/c1-3-25-15(20)12-9(2)18-17(22)8-26-16(21)14(17)13(12)10-6-4-5-7-11(10)19(23)24/h4-7,12-14,22H,3,8H2,1-2H3. The zero-order valence-corrected chi connectivity index (χ0v) is 14.2. The largest absolute Gasteiger partial charge is 0.465 e. The molecule has 9 heteroatoms. The van der Waals surface area contributed by atoms with E-state index in [1.807, 2.05) is 0 Å². The summed E-state index contributed by atoms with van der Waals surface area (Å²) in [6.07, 6.45) is 0. The number of fused-ring (bicyclic) bond motifs is 1. The number of hydrogen-bond acceptors (Lipinski definition) is 8. The first-order valence-corrected chi connectivity index (χ1v) is 8.15. The maximum absolute atomic E-state index is 12.6. The highest BCUT2D eigenvalue weighted by atomic mass is 16.6. The van der Waals surface area contributed by atoms with E-state index in [0.29, 0.717) is 0 Å². The van der Waals surface area contributed by atoms with Gasteiger partial charge in [-0.25, -0.2) is 0 Å².